The molecule has 0 aliphatic rings. The Hall–Kier alpha value is -4.40. The molecule has 224 valence electrons. The van der Waals surface area contributed by atoms with Crippen LogP contribution in [0.2, 0.25) is 0 Å². The van der Waals surface area contributed by atoms with Gasteiger partial charge in [-0.25, -0.2) is 8.78 Å². The van der Waals surface area contributed by atoms with Crippen molar-refractivity contribution in [2.75, 3.05) is 30.9 Å². The number of halogens is 4. The van der Waals surface area contributed by atoms with Crippen LogP contribution < -0.4 is 25.6 Å². The molecule has 5 N–H and O–H groups in total. The second-order valence-electron chi connectivity index (χ2n) is 9.48. The first kappa shape index (κ1) is 32.8. The van der Waals surface area contributed by atoms with Gasteiger partial charge in [-0.3, -0.25) is 19.2 Å². The third-order valence-corrected chi connectivity index (χ3v) is 5.74. The fourth-order valence-corrected chi connectivity index (χ4v) is 3.48. The number of aliphatic hydroxyl groups is 1. The molecule has 41 heavy (non-hydrogen) atoms. The number of hydrogen-bond donors (Lipinski definition) is 5. The van der Waals surface area contributed by atoms with E-state index in [1.54, 1.807) is 24.3 Å². The Labute approximate surface area is 232 Å². The Morgan fingerprint density at radius 2 is 1.49 bits per heavy atom. The molecule has 0 aliphatic heterocycles. The van der Waals surface area contributed by atoms with Gasteiger partial charge in [-0.05, 0) is 30.2 Å². The molecule has 0 spiro atoms. The lowest BCUT2D eigenvalue weighted by Gasteiger charge is -2.27. The standard InChI is InChI=1S/C26H30F4N4O7/c1-12(2)22(33-26(40)25(39)31-13-5-7-14(8-6-13)34(3)4)24(38)32-17(10-19(36)37)18(35)11-41-23-20(29)15(27)9-16(28)21(23)30/h5-9,12,17-18,22,35H,10-11H2,1-4H3,(H,31,39)(H,32,38)(H,33,40)(H,36,37)/t17?,18?,22-/m0/s1. The number of aliphatic carboxylic acids is 1. The lowest BCUT2D eigenvalue weighted by atomic mass is 10.0. The highest BCUT2D eigenvalue weighted by Crippen LogP contribution is 2.26. The molecule has 2 aromatic rings. The summed E-state index contributed by atoms with van der Waals surface area (Å²) in [7, 11) is 3.63. The lowest BCUT2D eigenvalue weighted by molar-refractivity contribution is -0.140. The van der Waals surface area contributed by atoms with Gasteiger partial charge in [0.05, 0.1) is 12.5 Å². The first-order chi connectivity index (χ1) is 19.1. The maximum Gasteiger partial charge on any atom is 0.313 e. The molecule has 0 radical (unpaired) electrons. The van der Waals surface area contributed by atoms with Crippen LogP contribution in [0.25, 0.3) is 0 Å². The third-order valence-electron chi connectivity index (χ3n) is 5.74. The van der Waals surface area contributed by atoms with E-state index in [0.29, 0.717) is 5.69 Å². The predicted octanol–water partition coefficient (Wildman–Crippen LogP) is 1.79. The molecule has 0 fully saturated rings. The highest BCUT2D eigenvalue weighted by molar-refractivity contribution is 6.40. The lowest BCUT2D eigenvalue weighted by Crippen LogP contribution is -2.56. The zero-order chi connectivity index (χ0) is 31.0. The Morgan fingerprint density at radius 3 is 1.98 bits per heavy atom. The maximum atomic E-state index is 13.9. The summed E-state index contributed by atoms with van der Waals surface area (Å²) in [6.45, 7) is 1.94. The molecule has 15 heteroatoms. The largest absolute Gasteiger partial charge is 0.485 e. The summed E-state index contributed by atoms with van der Waals surface area (Å²) in [6.07, 6.45) is -2.86. The van der Waals surface area contributed by atoms with Crippen LogP contribution in [0.15, 0.2) is 30.3 Å². The van der Waals surface area contributed by atoms with E-state index in [2.05, 4.69) is 20.7 Å². The number of aliphatic hydroxyl groups excluding tert-OH is 1. The fraction of sp³-hybridized carbons (Fsp3) is 0.385. The maximum absolute atomic E-state index is 13.9. The molecule has 0 heterocycles. The quantitative estimate of drug-likeness (QED) is 0.143. The number of hydrogen-bond acceptors (Lipinski definition) is 7. The molecule has 2 rings (SSSR count). The second kappa shape index (κ2) is 14.3. The van der Waals surface area contributed by atoms with Crippen molar-refractivity contribution in [3.8, 4) is 5.75 Å². The number of ether oxygens (including phenoxy) is 1. The molecule has 0 bridgehead atoms. The molecule has 3 atom stereocenters. The Balaban J connectivity index is 2.10. The Morgan fingerprint density at radius 1 is 0.927 bits per heavy atom. The second-order valence-corrected chi connectivity index (χ2v) is 9.48. The van der Waals surface area contributed by atoms with E-state index >= 15 is 0 Å². The number of amides is 3. The molecule has 2 aromatic carbocycles. The molecule has 0 saturated carbocycles. The van der Waals surface area contributed by atoms with E-state index in [4.69, 9.17) is 0 Å². The minimum Gasteiger partial charge on any atom is -0.485 e. The number of anilines is 2. The zero-order valence-electron chi connectivity index (χ0n) is 22.5. The number of carbonyl (C=O) groups excluding carboxylic acids is 3. The van der Waals surface area contributed by atoms with Gasteiger partial charge in [-0.2, -0.15) is 8.78 Å². The average molecular weight is 587 g/mol. The number of nitrogens with zero attached hydrogens (tertiary/aromatic N) is 1. The minimum atomic E-state index is -1.95. The van der Waals surface area contributed by atoms with Gasteiger partial charge >= 0.3 is 17.8 Å². The Kier molecular flexibility index (Phi) is 11.4. The summed E-state index contributed by atoms with van der Waals surface area (Å²) >= 11 is 0. The van der Waals surface area contributed by atoms with Crippen molar-refractivity contribution in [3.05, 3.63) is 53.6 Å². The normalized spacial score (nSPS) is 13.1. The zero-order valence-corrected chi connectivity index (χ0v) is 22.5. The summed E-state index contributed by atoms with van der Waals surface area (Å²) in [6, 6.07) is 3.42. The van der Waals surface area contributed by atoms with Gasteiger partial charge in [0, 0.05) is 31.5 Å². The number of carboxylic acids is 1. The minimum absolute atomic E-state index is 0.0528. The SMILES string of the molecule is CC(C)[C@H](NC(=O)C(=O)Nc1ccc(N(C)C)cc1)C(=O)NC(CC(=O)O)C(O)COc1c(F)c(F)cc(F)c1F. The van der Waals surface area contributed by atoms with Gasteiger partial charge in [0.25, 0.3) is 0 Å². The van der Waals surface area contributed by atoms with Gasteiger partial charge in [-0.15, -0.1) is 0 Å². The predicted molar refractivity (Wildman–Crippen MR) is 138 cm³/mol. The van der Waals surface area contributed by atoms with Crippen molar-refractivity contribution in [2.24, 2.45) is 5.92 Å². The van der Waals surface area contributed by atoms with E-state index in [0.717, 1.165) is 5.69 Å². The summed E-state index contributed by atoms with van der Waals surface area (Å²) in [5.41, 5.74) is 1.14. The molecule has 11 nitrogen and oxygen atoms in total. The van der Waals surface area contributed by atoms with Crippen molar-refractivity contribution >= 4 is 35.1 Å². The number of rotatable bonds is 12. The van der Waals surface area contributed by atoms with Crippen LogP contribution in [0.4, 0.5) is 28.9 Å². The topological polar surface area (TPSA) is 157 Å². The van der Waals surface area contributed by atoms with Crippen LogP contribution in [0.3, 0.4) is 0 Å². The van der Waals surface area contributed by atoms with Gasteiger partial charge in [0.1, 0.15) is 18.8 Å². The van der Waals surface area contributed by atoms with Gasteiger partial charge in [0.2, 0.25) is 17.5 Å². The van der Waals surface area contributed by atoms with E-state index in [-0.39, 0.29) is 6.07 Å². The van der Waals surface area contributed by atoms with E-state index < -0.39 is 89.8 Å². The summed E-state index contributed by atoms with van der Waals surface area (Å²) < 4.78 is 59.2. The van der Waals surface area contributed by atoms with Crippen molar-refractivity contribution < 1.29 is 51.7 Å². The summed E-state index contributed by atoms with van der Waals surface area (Å²) in [5, 5.41) is 26.4. The van der Waals surface area contributed by atoms with E-state index in [1.807, 2.05) is 19.0 Å². The third kappa shape index (κ3) is 9.06. The van der Waals surface area contributed by atoms with Gasteiger partial charge in [-0.1, -0.05) is 13.8 Å². The molecular weight excluding hydrogens is 556 g/mol. The highest BCUT2D eigenvalue weighted by Gasteiger charge is 2.32. The van der Waals surface area contributed by atoms with Gasteiger partial charge in [0.15, 0.2) is 17.4 Å². The average Bonchev–Trinajstić information content (AvgIpc) is 2.89. The van der Waals surface area contributed by atoms with Crippen LogP contribution in [0.5, 0.6) is 5.75 Å². The molecule has 2 unspecified atom stereocenters. The van der Waals surface area contributed by atoms with Crippen molar-refractivity contribution in [2.45, 2.75) is 38.5 Å². The molecule has 0 saturated heterocycles. The monoisotopic (exact) mass is 586 g/mol. The molecular formula is C26H30F4N4O7. The summed E-state index contributed by atoms with van der Waals surface area (Å²) in [5.74, 6) is -14.2. The first-order valence-corrected chi connectivity index (χ1v) is 12.2. The van der Waals surface area contributed by atoms with E-state index in [1.165, 1.54) is 13.8 Å². The fourth-order valence-electron chi connectivity index (χ4n) is 3.48. The first-order valence-electron chi connectivity index (χ1n) is 12.2. The van der Waals surface area contributed by atoms with E-state index in [9.17, 15) is 47.0 Å². The number of benzene rings is 2. The van der Waals surface area contributed by atoms with Crippen LogP contribution in [-0.4, -0.2) is 72.8 Å². The molecule has 3 amide bonds. The summed E-state index contributed by atoms with van der Waals surface area (Å²) in [4.78, 5) is 51.0. The van der Waals surface area contributed by atoms with Crippen LogP contribution >= 0.6 is 0 Å². The van der Waals surface area contributed by atoms with Crippen molar-refractivity contribution in [3.63, 3.8) is 0 Å². The van der Waals surface area contributed by atoms with Gasteiger partial charge < -0.3 is 35.8 Å². The number of nitrogens with one attached hydrogen (secondary N) is 3. The molecule has 0 aromatic heterocycles. The van der Waals surface area contributed by atoms with Crippen LogP contribution in [0, 0.1) is 29.2 Å². The van der Waals surface area contributed by atoms with Crippen molar-refractivity contribution in [1.82, 2.24) is 10.6 Å². The number of carbonyl (C=O) groups is 4. The number of carboxylic acid groups (broad SMARTS) is 1. The van der Waals surface area contributed by atoms with Crippen molar-refractivity contribution in [1.29, 1.82) is 0 Å². The van der Waals surface area contributed by atoms with Crippen LogP contribution in [0.1, 0.15) is 20.3 Å². The Bertz CT molecular complexity index is 1250. The molecule has 0 aliphatic carbocycles. The highest BCUT2D eigenvalue weighted by atomic mass is 19.2. The van der Waals surface area contributed by atoms with Crippen LogP contribution in [-0.2, 0) is 19.2 Å². The smallest absolute Gasteiger partial charge is 0.313 e.